The number of hydrogen-bond donors (Lipinski definition) is 1. The van der Waals surface area contributed by atoms with E-state index in [9.17, 15) is 9.90 Å². The SMILES string of the molecule is CC1(O)CCN(c2ccc(-n3cnc4cc(-c5ccc(Cl)cc5)sc4c3=O)nc2)C1. The Kier molecular flexibility index (Phi) is 4.61. The average Bonchev–Trinajstić information content (AvgIpc) is 3.33. The highest BCUT2D eigenvalue weighted by Crippen LogP contribution is 2.32. The minimum absolute atomic E-state index is 0.144. The topological polar surface area (TPSA) is 71.2 Å². The molecule has 0 aliphatic carbocycles. The molecule has 6 nitrogen and oxygen atoms in total. The van der Waals surface area contributed by atoms with Crippen LogP contribution in [0.25, 0.3) is 26.5 Å². The molecule has 5 rings (SSSR count). The number of rotatable bonds is 3. The Morgan fingerprint density at radius 1 is 1.17 bits per heavy atom. The number of thiophene rings is 1. The molecule has 0 amide bonds. The largest absolute Gasteiger partial charge is 0.388 e. The van der Waals surface area contributed by atoms with Crippen LogP contribution in [0.3, 0.4) is 0 Å². The molecule has 3 aromatic heterocycles. The van der Waals surface area contributed by atoms with E-state index in [-0.39, 0.29) is 5.56 Å². The summed E-state index contributed by atoms with van der Waals surface area (Å²) < 4.78 is 2.05. The number of benzene rings is 1. The minimum Gasteiger partial charge on any atom is -0.388 e. The highest BCUT2D eigenvalue weighted by Gasteiger charge is 2.31. The van der Waals surface area contributed by atoms with Crippen molar-refractivity contribution >= 4 is 38.8 Å². The maximum absolute atomic E-state index is 13.1. The van der Waals surface area contributed by atoms with Crippen molar-refractivity contribution in [2.24, 2.45) is 0 Å². The van der Waals surface area contributed by atoms with Crippen LogP contribution in [0, 0.1) is 0 Å². The van der Waals surface area contributed by atoms with E-state index in [1.807, 2.05) is 49.4 Å². The average molecular weight is 439 g/mol. The Morgan fingerprint density at radius 3 is 2.63 bits per heavy atom. The Bertz CT molecular complexity index is 1280. The van der Waals surface area contributed by atoms with E-state index in [1.54, 1.807) is 6.20 Å². The summed E-state index contributed by atoms with van der Waals surface area (Å²) in [5.41, 5.74) is 1.78. The zero-order valence-electron chi connectivity index (χ0n) is 16.2. The second kappa shape index (κ2) is 7.19. The van der Waals surface area contributed by atoms with Gasteiger partial charge in [-0.15, -0.1) is 11.3 Å². The molecule has 1 saturated heterocycles. The lowest BCUT2D eigenvalue weighted by molar-refractivity contribution is 0.0839. The molecule has 30 heavy (non-hydrogen) atoms. The number of fused-ring (bicyclic) bond motifs is 1. The molecule has 4 heterocycles. The highest BCUT2D eigenvalue weighted by molar-refractivity contribution is 7.22. The molecule has 4 aromatic rings. The first-order chi connectivity index (χ1) is 14.4. The van der Waals surface area contributed by atoms with Gasteiger partial charge in [-0.25, -0.2) is 14.5 Å². The Labute approximate surface area is 182 Å². The van der Waals surface area contributed by atoms with Crippen molar-refractivity contribution in [3.8, 4) is 16.3 Å². The van der Waals surface area contributed by atoms with Crippen LogP contribution in [-0.2, 0) is 0 Å². The molecular weight excluding hydrogens is 420 g/mol. The lowest BCUT2D eigenvalue weighted by Crippen LogP contribution is -2.29. The Hall–Kier alpha value is -2.74. The van der Waals surface area contributed by atoms with Crippen LogP contribution in [0.15, 0.2) is 59.8 Å². The molecule has 1 atom stereocenters. The van der Waals surface area contributed by atoms with E-state index in [0.717, 1.165) is 29.1 Å². The number of halogens is 1. The first-order valence-electron chi connectivity index (χ1n) is 9.61. The quantitative estimate of drug-likeness (QED) is 0.521. The highest BCUT2D eigenvalue weighted by atomic mass is 35.5. The standard InChI is InChI=1S/C22H19ClN4O2S/c1-22(29)8-9-26(12-22)16-6-7-19(24-11-16)27-13-25-17-10-18(30-20(17)21(27)28)14-2-4-15(23)5-3-14/h2-7,10-11,13,29H,8-9,12H2,1H3. The third kappa shape index (κ3) is 3.49. The molecule has 1 aliphatic rings. The number of anilines is 1. The predicted molar refractivity (Wildman–Crippen MR) is 121 cm³/mol. The second-order valence-electron chi connectivity index (χ2n) is 7.79. The van der Waals surface area contributed by atoms with E-state index in [4.69, 9.17) is 11.6 Å². The molecule has 1 aliphatic heterocycles. The van der Waals surface area contributed by atoms with Crippen LogP contribution < -0.4 is 10.5 Å². The number of pyridine rings is 1. The zero-order chi connectivity index (χ0) is 20.9. The maximum Gasteiger partial charge on any atom is 0.277 e. The van der Waals surface area contributed by atoms with Crippen molar-refractivity contribution in [2.45, 2.75) is 18.9 Å². The molecule has 1 aromatic carbocycles. The van der Waals surface area contributed by atoms with Crippen LogP contribution in [0.1, 0.15) is 13.3 Å². The number of hydrogen-bond acceptors (Lipinski definition) is 6. The van der Waals surface area contributed by atoms with Gasteiger partial charge in [-0.2, -0.15) is 0 Å². The molecule has 1 fully saturated rings. The lowest BCUT2D eigenvalue weighted by Gasteiger charge is -2.20. The van der Waals surface area contributed by atoms with Gasteiger partial charge in [0.15, 0.2) is 0 Å². The van der Waals surface area contributed by atoms with Gasteiger partial charge in [-0.1, -0.05) is 23.7 Å². The van der Waals surface area contributed by atoms with Crippen LogP contribution in [0.2, 0.25) is 5.02 Å². The van der Waals surface area contributed by atoms with Crippen LogP contribution in [0.4, 0.5) is 5.69 Å². The molecule has 8 heteroatoms. The van der Waals surface area contributed by atoms with E-state index >= 15 is 0 Å². The van der Waals surface area contributed by atoms with Gasteiger partial charge in [-0.3, -0.25) is 4.79 Å². The molecule has 0 radical (unpaired) electrons. The van der Waals surface area contributed by atoms with Gasteiger partial charge < -0.3 is 10.0 Å². The number of β-amino-alcohol motifs (C(OH)–C–C–N with tert-alkyl or cyclic N) is 1. The van der Waals surface area contributed by atoms with Crippen molar-refractivity contribution in [3.63, 3.8) is 0 Å². The van der Waals surface area contributed by atoms with Gasteiger partial charge in [0.1, 0.15) is 16.8 Å². The van der Waals surface area contributed by atoms with Gasteiger partial charge in [0.2, 0.25) is 0 Å². The smallest absolute Gasteiger partial charge is 0.277 e. The third-order valence-corrected chi connectivity index (χ3v) is 6.78. The van der Waals surface area contributed by atoms with Gasteiger partial charge in [-0.05, 0) is 49.2 Å². The van der Waals surface area contributed by atoms with Crippen molar-refractivity contribution in [1.29, 1.82) is 0 Å². The first kappa shape index (κ1) is 19.2. The van der Waals surface area contributed by atoms with E-state index < -0.39 is 5.60 Å². The fourth-order valence-corrected chi connectivity index (χ4v) is 4.88. The summed E-state index contributed by atoms with van der Waals surface area (Å²) in [7, 11) is 0. The molecule has 1 unspecified atom stereocenters. The summed E-state index contributed by atoms with van der Waals surface area (Å²) in [6, 6.07) is 13.2. The summed E-state index contributed by atoms with van der Waals surface area (Å²) >= 11 is 7.39. The monoisotopic (exact) mass is 438 g/mol. The molecule has 152 valence electrons. The Morgan fingerprint density at radius 2 is 1.97 bits per heavy atom. The van der Waals surface area contributed by atoms with Crippen molar-refractivity contribution in [3.05, 3.63) is 70.4 Å². The van der Waals surface area contributed by atoms with E-state index in [1.165, 1.54) is 22.2 Å². The van der Waals surface area contributed by atoms with Gasteiger partial charge in [0.05, 0.1) is 23.0 Å². The van der Waals surface area contributed by atoms with Gasteiger partial charge in [0, 0.05) is 23.0 Å². The summed E-state index contributed by atoms with van der Waals surface area (Å²) in [6.07, 6.45) is 3.98. The summed E-state index contributed by atoms with van der Waals surface area (Å²) in [5, 5.41) is 10.8. The number of aromatic nitrogens is 3. The summed E-state index contributed by atoms with van der Waals surface area (Å²) in [5.74, 6) is 0.519. The van der Waals surface area contributed by atoms with E-state index in [2.05, 4.69) is 14.9 Å². The molecule has 0 bridgehead atoms. The van der Waals surface area contributed by atoms with E-state index in [0.29, 0.717) is 27.6 Å². The van der Waals surface area contributed by atoms with Gasteiger partial charge >= 0.3 is 0 Å². The van der Waals surface area contributed by atoms with Gasteiger partial charge in [0.25, 0.3) is 5.56 Å². The zero-order valence-corrected chi connectivity index (χ0v) is 17.8. The summed E-state index contributed by atoms with van der Waals surface area (Å²) in [6.45, 7) is 3.20. The van der Waals surface area contributed by atoms with Crippen LogP contribution in [0.5, 0.6) is 0 Å². The normalized spacial score (nSPS) is 19.0. The fourth-order valence-electron chi connectivity index (χ4n) is 3.71. The van der Waals surface area contributed by atoms with Crippen molar-refractivity contribution in [2.75, 3.05) is 18.0 Å². The summed E-state index contributed by atoms with van der Waals surface area (Å²) in [4.78, 5) is 25.1. The molecular formula is C22H19ClN4O2S. The van der Waals surface area contributed by atoms with Crippen molar-refractivity contribution < 1.29 is 5.11 Å². The second-order valence-corrected chi connectivity index (χ2v) is 9.28. The molecule has 0 saturated carbocycles. The Balaban J connectivity index is 1.48. The maximum atomic E-state index is 13.1. The van der Waals surface area contributed by atoms with Crippen molar-refractivity contribution in [1.82, 2.24) is 14.5 Å². The minimum atomic E-state index is -0.675. The van der Waals surface area contributed by atoms with Crippen LogP contribution in [-0.4, -0.2) is 38.3 Å². The number of nitrogens with zero attached hydrogens (tertiary/aromatic N) is 4. The molecule has 0 spiro atoms. The number of aliphatic hydroxyl groups is 1. The predicted octanol–water partition coefficient (Wildman–Crippen LogP) is 4.12. The fraction of sp³-hybridized carbons (Fsp3) is 0.227. The van der Waals surface area contributed by atoms with Crippen LogP contribution >= 0.6 is 22.9 Å². The third-order valence-electron chi connectivity index (χ3n) is 5.36. The molecule has 1 N–H and O–H groups in total. The first-order valence-corrected chi connectivity index (χ1v) is 10.8. The lowest BCUT2D eigenvalue weighted by atomic mass is 10.1.